The van der Waals surface area contributed by atoms with Crippen molar-refractivity contribution in [2.24, 2.45) is 11.5 Å². The Balaban J connectivity index is 1.94. The van der Waals surface area contributed by atoms with Gasteiger partial charge in [0, 0.05) is 18.3 Å². The Morgan fingerprint density at radius 2 is 1.72 bits per heavy atom. The highest BCUT2D eigenvalue weighted by Gasteiger charge is 2.27. The summed E-state index contributed by atoms with van der Waals surface area (Å²) < 4.78 is 0. The Morgan fingerprint density at radius 3 is 2.33 bits per heavy atom. The number of aromatic amines is 1. The molecule has 3 atom stereocenters. The van der Waals surface area contributed by atoms with Gasteiger partial charge in [-0.15, -0.1) is 0 Å². The smallest absolute Gasteiger partial charge is 0.326 e. The summed E-state index contributed by atoms with van der Waals surface area (Å²) in [5, 5.41) is 26.2. The molecule has 0 saturated heterocycles. The van der Waals surface area contributed by atoms with Gasteiger partial charge in [-0.1, -0.05) is 12.1 Å². The van der Waals surface area contributed by atoms with Gasteiger partial charge >= 0.3 is 5.97 Å². The molecule has 36 heavy (non-hydrogen) atoms. The first kappa shape index (κ1) is 28.3. The minimum Gasteiger partial charge on any atom is -0.508 e. The number of phenolic OH excluding ortho intramolecular Hbond substituents is 1. The molecular formula is C23H33N7O6. The van der Waals surface area contributed by atoms with Crippen molar-refractivity contribution in [1.29, 1.82) is 0 Å². The number of rotatable bonds is 15. The van der Waals surface area contributed by atoms with Crippen LogP contribution < -0.4 is 27.4 Å². The standard InChI is InChI=1S/C23H33N7O6/c24-8-2-1-3-18(23(35)36)30-22(34)19(10-15-11-26-13-28-15)29-20(32)12-27-21(33)17(25)9-14-4-6-16(31)7-5-14/h4-7,11,13,17-19,31H,1-3,8-10,12,24-25H2,(H,26,28)(H,27,33)(H,29,32)(H,30,34)(H,35,36). The summed E-state index contributed by atoms with van der Waals surface area (Å²) in [6.45, 7) is -0.0309. The van der Waals surface area contributed by atoms with Gasteiger partial charge in [-0.3, -0.25) is 14.4 Å². The maximum Gasteiger partial charge on any atom is 0.326 e. The van der Waals surface area contributed by atoms with Gasteiger partial charge in [-0.25, -0.2) is 9.78 Å². The number of nitrogens with zero attached hydrogens (tertiary/aromatic N) is 1. The number of benzene rings is 1. The van der Waals surface area contributed by atoms with E-state index in [4.69, 9.17) is 11.5 Å². The molecule has 2 aromatic rings. The number of hydrogen-bond donors (Lipinski definition) is 8. The van der Waals surface area contributed by atoms with Gasteiger partial charge in [0.2, 0.25) is 17.7 Å². The van der Waals surface area contributed by atoms with Crippen LogP contribution in [-0.4, -0.2) is 75.1 Å². The van der Waals surface area contributed by atoms with Crippen molar-refractivity contribution < 1.29 is 29.4 Å². The summed E-state index contributed by atoms with van der Waals surface area (Å²) in [6.07, 6.45) is 4.43. The van der Waals surface area contributed by atoms with E-state index in [0.717, 1.165) is 5.56 Å². The third-order valence-corrected chi connectivity index (χ3v) is 5.34. The Bertz CT molecular complexity index is 997. The number of hydrogen-bond acceptors (Lipinski definition) is 8. The van der Waals surface area contributed by atoms with E-state index in [1.54, 1.807) is 12.1 Å². The van der Waals surface area contributed by atoms with Gasteiger partial charge in [0.15, 0.2) is 0 Å². The molecule has 196 valence electrons. The zero-order valence-corrected chi connectivity index (χ0v) is 19.8. The summed E-state index contributed by atoms with van der Waals surface area (Å²) in [4.78, 5) is 55.9. The van der Waals surface area contributed by atoms with Crippen molar-refractivity contribution in [1.82, 2.24) is 25.9 Å². The zero-order valence-electron chi connectivity index (χ0n) is 19.8. The number of carbonyl (C=O) groups excluding carboxylic acids is 3. The van der Waals surface area contributed by atoms with Crippen LogP contribution in [0.2, 0.25) is 0 Å². The van der Waals surface area contributed by atoms with Crippen LogP contribution in [0.15, 0.2) is 36.8 Å². The molecule has 0 fully saturated rings. The van der Waals surface area contributed by atoms with Crippen LogP contribution in [0.1, 0.15) is 30.5 Å². The lowest BCUT2D eigenvalue weighted by atomic mass is 10.1. The van der Waals surface area contributed by atoms with E-state index in [1.807, 2.05) is 0 Å². The molecule has 1 aromatic carbocycles. The third-order valence-electron chi connectivity index (χ3n) is 5.34. The van der Waals surface area contributed by atoms with Gasteiger partial charge in [-0.2, -0.15) is 0 Å². The molecule has 0 aliphatic rings. The highest BCUT2D eigenvalue weighted by molar-refractivity contribution is 5.92. The maximum atomic E-state index is 12.9. The van der Waals surface area contributed by atoms with Crippen molar-refractivity contribution in [3.05, 3.63) is 48.0 Å². The van der Waals surface area contributed by atoms with E-state index >= 15 is 0 Å². The second-order valence-electron chi connectivity index (χ2n) is 8.28. The zero-order chi connectivity index (χ0) is 26.5. The van der Waals surface area contributed by atoms with E-state index in [1.165, 1.54) is 24.7 Å². The summed E-state index contributed by atoms with van der Waals surface area (Å²) in [6, 6.07) is 3.04. The van der Waals surface area contributed by atoms with E-state index in [-0.39, 0.29) is 25.0 Å². The summed E-state index contributed by atoms with van der Waals surface area (Å²) in [5.41, 5.74) is 12.6. The molecule has 3 unspecified atom stereocenters. The Kier molecular flexibility index (Phi) is 11.3. The maximum absolute atomic E-state index is 12.9. The van der Waals surface area contributed by atoms with Crippen LogP contribution in [-0.2, 0) is 32.0 Å². The molecule has 3 amide bonds. The predicted molar refractivity (Wildman–Crippen MR) is 129 cm³/mol. The van der Waals surface area contributed by atoms with E-state index < -0.39 is 48.4 Å². The first-order valence-electron chi connectivity index (χ1n) is 11.5. The molecular weight excluding hydrogens is 470 g/mol. The fraction of sp³-hybridized carbons (Fsp3) is 0.435. The van der Waals surface area contributed by atoms with Crippen molar-refractivity contribution in [2.75, 3.05) is 13.1 Å². The van der Waals surface area contributed by atoms with Crippen LogP contribution in [0.4, 0.5) is 0 Å². The minimum absolute atomic E-state index is 0.0288. The van der Waals surface area contributed by atoms with Crippen molar-refractivity contribution in [3.8, 4) is 5.75 Å². The highest BCUT2D eigenvalue weighted by atomic mass is 16.4. The molecule has 0 aliphatic heterocycles. The van der Waals surface area contributed by atoms with Crippen LogP contribution in [0.5, 0.6) is 5.75 Å². The summed E-state index contributed by atoms with van der Waals surface area (Å²) in [5.74, 6) is -3.02. The fourth-order valence-electron chi connectivity index (χ4n) is 3.37. The number of aliphatic carboxylic acids is 1. The molecule has 0 bridgehead atoms. The largest absolute Gasteiger partial charge is 0.508 e. The number of nitrogens with one attached hydrogen (secondary N) is 4. The SMILES string of the molecule is NCCCCC(NC(=O)C(Cc1cnc[nH]1)NC(=O)CNC(=O)C(N)Cc1ccc(O)cc1)C(=O)O. The van der Waals surface area contributed by atoms with Crippen molar-refractivity contribution in [2.45, 2.75) is 50.2 Å². The number of carboxylic acid groups (broad SMARTS) is 1. The number of H-pyrrole nitrogens is 1. The second kappa shape index (κ2) is 14.4. The predicted octanol–water partition coefficient (Wildman–Crippen LogP) is -1.47. The van der Waals surface area contributed by atoms with Gasteiger partial charge in [-0.05, 0) is 49.9 Å². The number of phenols is 1. The topological polar surface area (TPSA) is 226 Å². The van der Waals surface area contributed by atoms with Gasteiger partial charge < -0.3 is 42.6 Å². The molecule has 0 spiro atoms. The number of imidazole rings is 1. The molecule has 10 N–H and O–H groups in total. The Labute approximate surface area is 208 Å². The number of carbonyl (C=O) groups is 4. The lowest BCUT2D eigenvalue weighted by Crippen LogP contribution is -2.54. The molecule has 1 heterocycles. The lowest BCUT2D eigenvalue weighted by molar-refractivity contribution is -0.142. The molecule has 13 heteroatoms. The van der Waals surface area contributed by atoms with E-state index in [0.29, 0.717) is 25.1 Å². The monoisotopic (exact) mass is 503 g/mol. The minimum atomic E-state index is -1.19. The molecule has 2 rings (SSSR count). The number of aromatic hydroxyl groups is 1. The normalized spacial score (nSPS) is 13.3. The second-order valence-corrected chi connectivity index (χ2v) is 8.28. The average molecular weight is 504 g/mol. The van der Waals surface area contributed by atoms with Crippen molar-refractivity contribution >= 4 is 23.7 Å². The first-order valence-corrected chi connectivity index (χ1v) is 11.5. The summed E-state index contributed by atoms with van der Waals surface area (Å²) in [7, 11) is 0. The number of carboxylic acids is 1. The molecule has 1 aromatic heterocycles. The van der Waals surface area contributed by atoms with Crippen LogP contribution in [0.25, 0.3) is 0 Å². The fourth-order valence-corrected chi connectivity index (χ4v) is 3.37. The van der Waals surface area contributed by atoms with Crippen molar-refractivity contribution in [3.63, 3.8) is 0 Å². The lowest BCUT2D eigenvalue weighted by Gasteiger charge is -2.21. The third kappa shape index (κ3) is 9.72. The highest BCUT2D eigenvalue weighted by Crippen LogP contribution is 2.11. The Hall–Kier alpha value is -3.97. The molecule has 13 nitrogen and oxygen atoms in total. The van der Waals surface area contributed by atoms with E-state index in [9.17, 15) is 29.4 Å². The summed E-state index contributed by atoms with van der Waals surface area (Å²) >= 11 is 0. The van der Waals surface area contributed by atoms with Gasteiger partial charge in [0.05, 0.1) is 18.9 Å². The first-order chi connectivity index (χ1) is 17.2. The molecule has 0 saturated carbocycles. The van der Waals surface area contributed by atoms with E-state index in [2.05, 4.69) is 25.9 Å². The van der Waals surface area contributed by atoms with Gasteiger partial charge in [0.25, 0.3) is 0 Å². The Morgan fingerprint density at radius 1 is 1.00 bits per heavy atom. The average Bonchev–Trinajstić information content (AvgIpc) is 3.36. The van der Waals surface area contributed by atoms with Gasteiger partial charge in [0.1, 0.15) is 17.8 Å². The number of nitrogens with two attached hydrogens (primary N) is 2. The molecule has 0 radical (unpaired) electrons. The number of unbranched alkanes of at least 4 members (excludes halogenated alkanes) is 1. The quantitative estimate of drug-likeness (QED) is 0.132. The number of amides is 3. The number of aromatic nitrogens is 2. The van der Waals surface area contributed by atoms with Crippen LogP contribution in [0.3, 0.4) is 0 Å². The molecule has 0 aliphatic carbocycles. The van der Waals surface area contributed by atoms with Crippen LogP contribution in [0, 0.1) is 0 Å². The van der Waals surface area contributed by atoms with Crippen LogP contribution >= 0.6 is 0 Å².